The Morgan fingerprint density at radius 3 is 2.63 bits per heavy atom. The molecule has 0 aliphatic carbocycles. The van der Waals surface area contributed by atoms with Crippen molar-refractivity contribution in [1.82, 2.24) is 9.97 Å². The van der Waals surface area contributed by atoms with Crippen LogP contribution in [0.2, 0.25) is 0 Å². The molecule has 0 aliphatic heterocycles. The summed E-state index contributed by atoms with van der Waals surface area (Å²) in [5.74, 6) is -2.55. The van der Waals surface area contributed by atoms with Crippen LogP contribution < -0.4 is 22.1 Å². The van der Waals surface area contributed by atoms with E-state index in [1.807, 2.05) is 18.2 Å². The molecule has 2 amide bonds. The Hall–Kier alpha value is -3.75. The number of primary amides is 2. The van der Waals surface area contributed by atoms with Crippen LogP contribution in [0.5, 0.6) is 0 Å². The van der Waals surface area contributed by atoms with Crippen molar-refractivity contribution in [2.45, 2.75) is 13.0 Å². The number of hydrogen-bond acceptors (Lipinski definition) is 6. The highest BCUT2D eigenvalue weighted by Crippen LogP contribution is 2.25. The van der Waals surface area contributed by atoms with E-state index in [4.69, 9.17) is 11.5 Å². The van der Waals surface area contributed by atoms with Gasteiger partial charge in [0.2, 0.25) is 5.91 Å². The number of halogens is 1. The monoisotopic (exact) mass is 368 g/mol. The van der Waals surface area contributed by atoms with E-state index < -0.39 is 23.7 Å². The topological polar surface area (TPSA) is 136 Å². The molecule has 0 fully saturated rings. The largest absolute Gasteiger partial charge is 0.368 e. The summed E-state index contributed by atoms with van der Waals surface area (Å²) in [6.07, 6.45) is 1.66. The average Bonchev–Trinajstić information content (AvgIpc) is 2.63. The smallest absolute Gasteiger partial charge is 0.252 e. The van der Waals surface area contributed by atoms with E-state index in [-0.39, 0.29) is 17.2 Å². The number of aromatic nitrogens is 2. The molecule has 2 heterocycles. The van der Waals surface area contributed by atoms with Crippen LogP contribution in [0.15, 0.2) is 42.6 Å². The fraction of sp³-hybridized carbons (Fsp3) is 0.111. The molecule has 2 aromatic heterocycles. The maximum atomic E-state index is 14.2. The Kier molecular flexibility index (Phi) is 4.84. The van der Waals surface area contributed by atoms with Gasteiger partial charge in [-0.2, -0.15) is 0 Å². The van der Waals surface area contributed by atoms with E-state index in [1.54, 1.807) is 18.3 Å². The number of carbonyl (C=O) groups excluding carboxylic acids is 2. The first-order valence-corrected chi connectivity index (χ1v) is 8.03. The van der Waals surface area contributed by atoms with Crippen molar-refractivity contribution in [1.29, 1.82) is 0 Å². The molecule has 9 heteroatoms. The number of fused-ring (bicyclic) bond motifs is 1. The summed E-state index contributed by atoms with van der Waals surface area (Å²) in [6.45, 7) is 1.47. The third kappa shape index (κ3) is 3.92. The molecule has 1 aromatic carbocycles. The Morgan fingerprint density at radius 1 is 1.15 bits per heavy atom. The van der Waals surface area contributed by atoms with E-state index in [0.717, 1.165) is 17.0 Å². The van der Waals surface area contributed by atoms with E-state index in [2.05, 4.69) is 20.6 Å². The van der Waals surface area contributed by atoms with Gasteiger partial charge in [0.05, 0.1) is 11.1 Å². The lowest BCUT2D eigenvalue weighted by molar-refractivity contribution is -0.118. The first kappa shape index (κ1) is 18.1. The van der Waals surface area contributed by atoms with Crippen molar-refractivity contribution in [3.05, 3.63) is 54.0 Å². The second-order valence-corrected chi connectivity index (χ2v) is 5.88. The molecule has 1 atom stereocenters. The predicted octanol–water partition coefficient (Wildman–Crippen LogP) is 1.90. The van der Waals surface area contributed by atoms with Crippen molar-refractivity contribution in [2.75, 3.05) is 10.6 Å². The van der Waals surface area contributed by atoms with Crippen LogP contribution in [0, 0.1) is 5.82 Å². The van der Waals surface area contributed by atoms with E-state index in [0.29, 0.717) is 5.69 Å². The lowest BCUT2D eigenvalue weighted by Crippen LogP contribution is -2.33. The highest BCUT2D eigenvalue weighted by molar-refractivity contribution is 5.99. The fourth-order valence-electron chi connectivity index (χ4n) is 2.43. The number of rotatable bonds is 6. The highest BCUT2D eigenvalue weighted by Gasteiger charge is 2.18. The number of benzene rings is 1. The summed E-state index contributed by atoms with van der Waals surface area (Å²) >= 11 is 0. The summed E-state index contributed by atoms with van der Waals surface area (Å²) in [7, 11) is 0. The Morgan fingerprint density at radius 2 is 1.93 bits per heavy atom. The molecule has 3 aromatic rings. The summed E-state index contributed by atoms with van der Waals surface area (Å²) in [5.41, 5.74) is 11.7. The Balaban J connectivity index is 2.00. The third-order valence-corrected chi connectivity index (χ3v) is 3.89. The minimum Gasteiger partial charge on any atom is -0.368 e. The molecule has 8 nitrogen and oxygen atoms in total. The van der Waals surface area contributed by atoms with Crippen LogP contribution in [0.4, 0.5) is 21.7 Å². The van der Waals surface area contributed by atoms with Crippen LogP contribution >= 0.6 is 0 Å². The zero-order valence-corrected chi connectivity index (χ0v) is 14.4. The van der Waals surface area contributed by atoms with Gasteiger partial charge in [-0.05, 0) is 31.2 Å². The van der Waals surface area contributed by atoms with Crippen molar-refractivity contribution in [3.63, 3.8) is 0 Å². The molecule has 1 unspecified atom stereocenters. The van der Waals surface area contributed by atoms with Crippen LogP contribution in [0.25, 0.3) is 10.9 Å². The van der Waals surface area contributed by atoms with Crippen molar-refractivity contribution < 1.29 is 14.0 Å². The van der Waals surface area contributed by atoms with Gasteiger partial charge in [0, 0.05) is 17.3 Å². The maximum absolute atomic E-state index is 14.2. The molecule has 0 saturated heterocycles. The highest BCUT2D eigenvalue weighted by atomic mass is 19.1. The quantitative estimate of drug-likeness (QED) is 0.525. The van der Waals surface area contributed by atoms with Crippen LogP contribution in [0.1, 0.15) is 17.3 Å². The van der Waals surface area contributed by atoms with Gasteiger partial charge in [-0.25, -0.2) is 9.37 Å². The molecule has 0 radical (unpaired) electrons. The number of anilines is 3. The van der Waals surface area contributed by atoms with Gasteiger partial charge >= 0.3 is 0 Å². The predicted molar refractivity (Wildman–Crippen MR) is 100 cm³/mol. The first-order chi connectivity index (χ1) is 12.8. The lowest BCUT2D eigenvalue weighted by atomic mass is 10.2. The summed E-state index contributed by atoms with van der Waals surface area (Å²) in [6, 6.07) is 9.18. The van der Waals surface area contributed by atoms with Crippen molar-refractivity contribution in [2.24, 2.45) is 11.5 Å². The molecular formula is C18H17FN6O2. The summed E-state index contributed by atoms with van der Waals surface area (Å²) in [4.78, 5) is 31.2. The fourth-order valence-corrected chi connectivity index (χ4v) is 2.43. The number of nitrogens with two attached hydrogens (primary N) is 2. The Bertz CT molecular complexity index is 1040. The molecule has 0 aliphatic rings. The molecule has 27 heavy (non-hydrogen) atoms. The molecule has 3 rings (SSSR count). The number of pyridine rings is 2. The number of amides is 2. The second-order valence-electron chi connectivity index (χ2n) is 5.88. The molecule has 0 saturated carbocycles. The van der Waals surface area contributed by atoms with Gasteiger partial charge in [0.1, 0.15) is 11.9 Å². The van der Waals surface area contributed by atoms with Crippen LogP contribution in [-0.4, -0.2) is 27.8 Å². The van der Waals surface area contributed by atoms with Gasteiger partial charge in [-0.3, -0.25) is 14.6 Å². The van der Waals surface area contributed by atoms with Crippen molar-refractivity contribution in [3.8, 4) is 0 Å². The Labute approximate surface area is 153 Å². The lowest BCUT2D eigenvalue weighted by Gasteiger charge is -2.15. The number of nitrogens with zero attached hydrogens (tertiary/aromatic N) is 2. The zero-order valence-electron chi connectivity index (χ0n) is 14.4. The third-order valence-electron chi connectivity index (χ3n) is 3.89. The number of carbonyl (C=O) groups is 2. The number of hydrogen-bond donors (Lipinski definition) is 4. The minimum absolute atomic E-state index is 0.0401. The van der Waals surface area contributed by atoms with E-state index in [1.165, 1.54) is 6.92 Å². The van der Waals surface area contributed by atoms with Gasteiger partial charge in [-0.1, -0.05) is 12.1 Å². The first-order valence-electron chi connectivity index (χ1n) is 8.03. The standard InChI is InChI=1S/C18H17FN6O2/c1-9(15(20)26)23-18-13(19)8-12(16(21)27)17(25-18)24-11-5-4-10-3-2-6-22-14(10)7-11/h2-9H,1H3,(H2,20,26)(H2,21,27)(H2,23,24,25). The molecule has 6 N–H and O–H groups in total. The maximum Gasteiger partial charge on any atom is 0.252 e. The van der Waals surface area contributed by atoms with Gasteiger partial charge in [0.15, 0.2) is 11.6 Å². The molecular weight excluding hydrogens is 351 g/mol. The molecule has 138 valence electrons. The average molecular weight is 368 g/mol. The SMILES string of the molecule is CC(Nc1nc(Nc2ccc3cccnc3c2)c(C(N)=O)cc1F)C(N)=O. The molecule has 0 bridgehead atoms. The van der Waals surface area contributed by atoms with E-state index >= 15 is 0 Å². The van der Waals surface area contributed by atoms with Crippen LogP contribution in [0.3, 0.4) is 0 Å². The van der Waals surface area contributed by atoms with Gasteiger partial charge in [-0.15, -0.1) is 0 Å². The summed E-state index contributed by atoms with van der Waals surface area (Å²) in [5, 5.41) is 6.44. The normalized spacial score (nSPS) is 11.8. The zero-order chi connectivity index (χ0) is 19.6. The summed E-state index contributed by atoms with van der Waals surface area (Å²) < 4.78 is 14.2. The number of nitrogens with one attached hydrogen (secondary N) is 2. The minimum atomic E-state index is -0.857. The molecule has 0 spiro atoms. The second kappa shape index (κ2) is 7.24. The van der Waals surface area contributed by atoms with Gasteiger partial charge in [0.25, 0.3) is 5.91 Å². The van der Waals surface area contributed by atoms with Gasteiger partial charge < -0.3 is 22.1 Å². The van der Waals surface area contributed by atoms with E-state index in [9.17, 15) is 14.0 Å². The van der Waals surface area contributed by atoms with Crippen molar-refractivity contribution >= 4 is 40.0 Å². The van der Waals surface area contributed by atoms with Crippen LogP contribution in [-0.2, 0) is 4.79 Å².